The largest absolute Gasteiger partial charge is 0.483 e. The molecule has 32 heavy (non-hydrogen) atoms. The number of Topliss-reactive ketones (excluding diaryl/α,β-unsaturated/α-hetero) is 1. The van der Waals surface area contributed by atoms with Gasteiger partial charge in [-0.15, -0.1) is 0 Å². The number of benzene rings is 2. The lowest BCUT2D eigenvalue weighted by Gasteiger charge is -2.16. The van der Waals surface area contributed by atoms with Gasteiger partial charge in [-0.25, -0.2) is 8.78 Å². The smallest absolute Gasteiger partial charge is 0.422 e. The quantitative estimate of drug-likeness (QED) is 0.329. The molecule has 0 unspecified atom stereocenters. The van der Waals surface area contributed by atoms with Crippen LogP contribution in [-0.4, -0.2) is 30.1 Å². The van der Waals surface area contributed by atoms with Gasteiger partial charge in [0.15, 0.2) is 12.4 Å². The van der Waals surface area contributed by atoms with Crippen molar-refractivity contribution in [2.75, 3.05) is 18.5 Å². The first kappa shape index (κ1) is 23.5. The highest BCUT2D eigenvalue weighted by Gasteiger charge is 2.30. The Morgan fingerprint density at radius 1 is 1.12 bits per heavy atom. The van der Waals surface area contributed by atoms with E-state index in [9.17, 15) is 26.7 Å². The van der Waals surface area contributed by atoms with E-state index in [0.29, 0.717) is 0 Å². The van der Waals surface area contributed by atoms with Crippen molar-refractivity contribution in [3.8, 4) is 17.0 Å². The van der Waals surface area contributed by atoms with Crippen LogP contribution in [0.2, 0.25) is 5.02 Å². The predicted molar refractivity (Wildman–Crippen MR) is 110 cm³/mol. The molecule has 0 spiro atoms. The second-order valence-electron chi connectivity index (χ2n) is 6.83. The monoisotopic (exact) mass is 470 g/mol. The third-order valence-electron chi connectivity index (χ3n) is 4.34. The first-order valence-corrected chi connectivity index (χ1v) is 9.60. The Labute approximate surface area is 185 Å². The molecule has 3 rings (SSSR count). The van der Waals surface area contributed by atoms with E-state index in [4.69, 9.17) is 16.3 Å². The molecule has 168 valence electrons. The molecule has 1 heterocycles. The zero-order valence-corrected chi connectivity index (χ0v) is 17.3. The zero-order valence-electron chi connectivity index (χ0n) is 16.6. The number of pyridine rings is 1. The number of carbonyl (C=O) groups excluding carboxylic acids is 1. The van der Waals surface area contributed by atoms with E-state index in [1.165, 1.54) is 24.4 Å². The average molecular weight is 471 g/mol. The fraction of sp³-hybridized carbons (Fsp3) is 0.182. The van der Waals surface area contributed by atoms with Crippen LogP contribution in [0.1, 0.15) is 15.9 Å². The summed E-state index contributed by atoms with van der Waals surface area (Å²) >= 11 is 5.88. The van der Waals surface area contributed by atoms with Crippen LogP contribution >= 0.6 is 11.6 Å². The molecule has 10 heteroatoms. The number of aromatic nitrogens is 1. The summed E-state index contributed by atoms with van der Waals surface area (Å²) in [6, 6.07) is 8.76. The maximum Gasteiger partial charge on any atom is 0.422 e. The number of para-hydroxylation sites is 1. The molecule has 0 aliphatic carbocycles. The van der Waals surface area contributed by atoms with Crippen LogP contribution < -0.4 is 10.1 Å². The Morgan fingerprint density at radius 2 is 1.88 bits per heavy atom. The lowest BCUT2D eigenvalue weighted by atomic mass is 10.0. The Kier molecular flexibility index (Phi) is 6.98. The summed E-state index contributed by atoms with van der Waals surface area (Å²) in [5, 5.41) is 2.48. The molecule has 0 atom stereocenters. The van der Waals surface area contributed by atoms with Gasteiger partial charge in [-0.1, -0.05) is 23.7 Å². The van der Waals surface area contributed by atoms with Gasteiger partial charge in [-0.05, 0) is 42.8 Å². The summed E-state index contributed by atoms with van der Waals surface area (Å²) in [4.78, 5) is 16.7. The van der Waals surface area contributed by atoms with E-state index >= 15 is 0 Å². The van der Waals surface area contributed by atoms with E-state index < -0.39 is 48.1 Å². The number of ether oxygens (including phenoxy) is 1. The van der Waals surface area contributed by atoms with E-state index in [0.717, 1.165) is 23.8 Å². The number of nitrogens with zero attached hydrogens (tertiary/aromatic N) is 1. The topological polar surface area (TPSA) is 51.2 Å². The number of nitrogens with one attached hydrogen (secondary N) is 1. The summed E-state index contributed by atoms with van der Waals surface area (Å²) in [6.07, 6.45) is -3.22. The average Bonchev–Trinajstić information content (AvgIpc) is 2.72. The number of hydrogen-bond acceptors (Lipinski definition) is 4. The van der Waals surface area contributed by atoms with Crippen molar-refractivity contribution >= 4 is 23.1 Å². The summed E-state index contributed by atoms with van der Waals surface area (Å²) in [7, 11) is 0. The van der Waals surface area contributed by atoms with Crippen LogP contribution in [0.5, 0.6) is 5.75 Å². The standard InChI is InChI=1S/C22H16ClF5N2O2/c1-12-5-6-18(29-9-12)13-8-20(32-11-22(26,27)28)14(7-17(13)25)19(31)10-30-21-15(23)3-2-4-16(21)24/h2-9,30H,10-11H2,1H3. The summed E-state index contributed by atoms with van der Waals surface area (Å²) in [5.41, 5.74) is 0.209. The minimum Gasteiger partial charge on any atom is -0.483 e. The Bertz CT molecular complexity index is 1110. The minimum atomic E-state index is -4.68. The third-order valence-corrected chi connectivity index (χ3v) is 4.65. The van der Waals surface area contributed by atoms with Crippen LogP contribution in [0.15, 0.2) is 48.7 Å². The normalized spacial score (nSPS) is 11.3. The number of alkyl halides is 3. The van der Waals surface area contributed by atoms with Crippen LogP contribution in [0.3, 0.4) is 0 Å². The molecule has 0 bridgehead atoms. The fourth-order valence-corrected chi connectivity index (χ4v) is 3.03. The van der Waals surface area contributed by atoms with Crippen molar-refractivity contribution in [1.82, 2.24) is 4.98 Å². The molecule has 0 saturated heterocycles. The second kappa shape index (κ2) is 9.52. The zero-order chi connectivity index (χ0) is 23.5. The van der Waals surface area contributed by atoms with Crippen LogP contribution in [-0.2, 0) is 0 Å². The second-order valence-corrected chi connectivity index (χ2v) is 7.23. The van der Waals surface area contributed by atoms with Gasteiger partial charge < -0.3 is 10.1 Å². The summed E-state index contributed by atoms with van der Waals surface area (Å²) < 4.78 is 71.6. The predicted octanol–water partition coefficient (Wildman–Crippen LogP) is 6.22. The number of anilines is 1. The maximum absolute atomic E-state index is 14.8. The van der Waals surface area contributed by atoms with Crippen molar-refractivity contribution in [2.45, 2.75) is 13.1 Å². The Hall–Kier alpha value is -3.20. The highest BCUT2D eigenvalue weighted by molar-refractivity contribution is 6.33. The van der Waals surface area contributed by atoms with Gasteiger partial charge >= 0.3 is 6.18 Å². The highest BCUT2D eigenvalue weighted by atomic mass is 35.5. The fourth-order valence-electron chi connectivity index (χ4n) is 2.80. The van der Waals surface area contributed by atoms with Crippen molar-refractivity contribution in [1.29, 1.82) is 0 Å². The van der Waals surface area contributed by atoms with Gasteiger partial charge in [0.1, 0.15) is 17.4 Å². The molecule has 0 aliphatic rings. The molecule has 0 radical (unpaired) electrons. The molecular weight excluding hydrogens is 455 g/mol. The van der Waals surface area contributed by atoms with E-state index in [2.05, 4.69) is 10.3 Å². The maximum atomic E-state index is 14.8. The van der Waals surface area contributed by atoms with Gasteiger partial charge in [0.25, 0.3) is 0 Å². The van der Waals surface area contributed by atoms with Crippen LogP contribution in [0.4, 0.5) is 27.6 Å². The number of hydrogen-bond donors (Lipinski definition) is 1. The van der Waals surface area contributed by atoms with E-state index in [1.807, 2.05) is 0 Å². The molecule has 4 nitrogen and oxygen atoms in total. The van der Waals surface area contributed by atoms with Crippen LogP contribution in [0.25, 0.3) is 11.3 Å². The van der Waals surface area contributed by atoms with Crippen molar-refractivity contribution in [3.63, 3.8) is 0 Å². The summed E-state index contributed by atoms with van der Waals surface area (Å²) in [5.74, 6) is -2.92. The van der Waals surface area contributed by atoms with Gasteiger partial charge in [0.2, 0.25) is 0 Å². The summed E-state index contributed by atoms with van der Waals surface area (Å²) in [6.45, 7) is -0.488. The first-order chi connectivity index (χ1) is 15.0. The van der Waals surface area contributed by atoms with Gasteiger partial charge in [0, 0.05) is 11.8 Å². The number of ketones is 1. The van der Waals surface area contributed by atoms with E-state index in [-0.39, 0.29) is 22.0 Å². The molecule has 0 saturated carbocycles. The molecule has 1 aromatic heterocycles. The Balaban J connectivity index is 1.94. The lowest BCUT2D eigenvalue weighted by Crippen LogP contribution is -2.22. The molecule has 1 N–H and O–H groups in total. The molecule has 0 amide bonds. The molecule has 2 aromatic carbocycles. The number of aryl methyl sites for hydroxylation is 1. The van der Waals surface area contributed by atoms with Crippen LogP contribution in [0, 0.1) is 18.6 Å². The highest BCUT2D eigenvalue weighted by Crippen LogP contribution is 2.32. The first-order valence-electron chi connectivity index (χ1n) is 9.22. The molecule has 0 aliphatic heterocycles. The number of rotatable bonds is 7. The van der Waals surface area contributed by atoms with Gasteiger partial charge in [-0.2, -0.15) is 13.2 Å². The molecule has 3 aromatic rings. The van der Waals surface area contributed by atoms with Crippen molar-refractivity contribution < 1.29 is 31.5 Å². The van der Waals surface area contributed by atoms with Crippen molar-refractivity contribution in [2.24, 2.45) is 0 Å². The molecule has 0 fully saturated rings. The van der Waals surface area contributed by atoms with E-state index in [1.54, 1.807) is 13.0 Å². The minimum absolute atomic E-state index is 0.00156. The third kappa shape index (κ3) is 5.73. The number of halogens is 6. The number of carbonyl (C=O) groups is 1. The lowest BCUT2D eigenvalue weighted by molar-refractivity contribution is -0.153. The van der Waals surface area contributed by atoms with Crippen molar-refractivity contribution in [3.05, 3.63) is 76.4 Å². The SMILES string of the molecule is Cc1ccc(-c2cc(OCC(F)(F)F)c(C(=O)CNc3c(F)cccc3Cl)cc2F)nc1. The molecular formula is C22H16ClF5N2O2. The Morgan fingerprint density at radius 3 is 2.50 bits per heavy atom. The van der Waals surface area contributed by atoms with Gasteiger partial charge in [0.05, 0.1) is 28.5 Å². The van der Waals surface area contributed by atoms with Gasteiger partial charge in [-0.3, -0.25) is 9.78 Å².